The number of hydrogen-bond donors (Lipinski definition) is 3. The molecule has 1 rings (SSSR count). The van der Waals surface area contributed by atoms with Crippen molar-refractivity contribution in [2.75, 3.05) is 19.7 Å². The Morgan fingerprint density at radius 3 is 2.59 bits per heavy atom. The van der Waals surface area contributed by atoms with Gasteiger partial charge in [-0.15, -0.1) is 0 Å². The van der Waals surface area contributed by atoms with E-state index in [-0.39, 0.29) is 18.6 Å². The van der Waals surface area contributed by atoms with Gasteiger partial charge in [-0.25, -0.2) is 0 Å². The molecule has 0 fully saturated rings. The third-order valence-corrected chi connectivity index (χ3v) is 2.48. The molecule has 0 aromatic heterocycles. The van der Waals surface area contributed by atoms with Gasteiger partial charge in [0.2, 0.25) is 5.91 Å². The van der Waals surface area contributed by atoms with Crippen LogP contribution in [0.25, 0.3) is 0 Å². The molecule has 0 radical (unpaired) electrons. The van der Waals surface area contributed by atoms with Crippen LogP contribution in [0.4, 0.5) is 0 Å². The molecular weight excluding hydrogens is 216 g/mol. The Bertz CT molecular complexity index is 327. The molecule has 0 saturated carbocycles. The van der Waals surface area contributed by atoms with E-state index in [9.17, 15) is 9.90 Å². The Balaban J connectivity index is 2.27. The van der Waals surface area contributed by atoms with Crippen molar-refractivity contribution in [3.63, 3.8) is 0 Å². The molecule has 0 aliphatic heterocycles. The molecule has 0 aliphatic rings. The number of hydrogen-bond acceptors (Lipinski definition) is 3. The van der Waals surface area contributed by atoms with Crippen LogP contribution >= 0.6 is 0 Å². The zero-order valence-corrected chi connectivity index (χ0v) is 10.1. The molecule has 94 valence electrons. The minimum Gasteiger partial charge on any atom is -0.395 e. The average molecular weight is 236 g/mol. The van der Waals surface area contributed by atoms with Gasteiger partial charge in [-0.2, -0.15) is 0 Å². The van der Waals surface area contributed by atoms with Gasteiger partial charge in [0.1, 0.15) is 0 Å². The fourth-order valence-electron chi connectivity index (χ4n) is 1.61. The van der Waals surface area contributed by atoms with Gasteiger partial charge in [0, 0.05) is 26.1 Å². The molecule has 0 bridgehead atoms. The molecule has 0 saturated heterocycles. The number of carbonyl (C=O) groups is 1. The fourth-order valence-corrected chi connectivity index (χ4v) is 1.61. The zero-order valence-electron chi connectivity index (χ0n) is 10.1. The van der Waals surface area contributed by atoms with Crippen LogP contribution in [-0.4, -0.2) is 36.8 Å². The summed E-state index contributed by atoms with van der Waals surface area (Å²) >= 11 is 0. The van der Waals surface area contributed by atoms with E-state index >= 15 is 0 Å². The Morgan fingerprint density at radius 1 is 1.29 bits per heavy atom. The van der Waals surface area contributed by atoms with Crippen LogP contribution in [0.15, 0.2) is 30.3 Å². The van der Waals surface area contributed by atoms with Gasteiger partial charge in [0.05, 0.1) is 6.61 Å². The molecular formula is C13H20N2O2. The number of nitrogens with one attached hydrogen (secondary N) is 2. The highest BCUT2D eigenvalue weighted by atomic mass is 16.3. The number of rotatable bonds is 7. The van der Waals surface area contributed by atoms with Crippen LogP contribution in [0.5, 0.6) is 0 Å². The first-order chi connectivity index (χ1) is 8.22. The number of aliphatic hydroxyl groups excluding tert-OH is 1. The lowest BCUT2D eigenvalue weighted by molar-refractivity contribution is -0.118. The van der Waals surface area contributed by atoms with E-state index in [0.29, 0.717) is 13.1 Å². The lowest BCUT2D eigenvalue weighted by Gasteiger charge is -2.16. The van der Waals surface area contributed by atoms with E-state index in [4.69, 9.17) is 0 Å². The predicted octanol–water partition coefficient (Wildman–Crippen LogP) is 0.316. The molecule has 0 spiro atoms. The lowest BCUT2D eigenvalue weighted by atomic mass is 10.1. The molecule has 3 N–H and O–H groups in total. The predicted molar refractivity (Wildman–Crippen MR) is 67.7 cm³/mol. The number of benzene rings is 1. The van der Waals surface area contributed by atoms with Crippen LogP contribution in [0, 0.1) is 0 Å². The van der Waals surface area contributed by atoms with Gasteiger partial charge in [-0.1, -0.05) is 30.3 Å². The van der Waals surface area contributed by atoms with E-state index in [0.717, 1.165) is 6.42 Å². The average Bonchev–Trinajstić information content (AvgIpc) is 2.34. The van der Waals surface area contributed by atoms with E-state index in [2.05, 4.69) is 10.6 Å². The summed E-state index contributed by atoms with van der Waals surface area (Å²) in [5.74, 6) is -0.0320. The molecule has 1 aromatic rings. The highest BCUT2D eigenvalue weighted by Gasteiger charge is 2.06. The SMILES string of the molecule is CC(=O)NCCNC(CO)Cc1ccccc1. The normalized spacial score (nSPS) is 12.1. The molecule has 1 aromatic carbocycles. The molecule has 1 amide bonds. The number of aliphatic hydroxyl groups is 1. The third-order valence-electron chi connectivity index (χ3n) is 2.48. The van der Waals surface area contributed by atoms with Crippen molar-refractivity contribution >= 4 is 5.91 Å². The van der Waals surface area contributed by atoms with Gasteiger partial charge in [-0.3, -0.25) is 4.79 Å². The van der Waals surface area contributed by atoms with Crippen LogP contribution in [0.2, 0.25) is 0 Å². The topological polar surface area (TPSA) is 61.4 Å². The first-order valence-electron chi connectivity index (χ1n) is 5.85. The highest BCUT2D eigenvalue weighted by Crippen LogP contribution is 2.02. The summed E-state index contributed by atoms with van der Waals surface area (Å²) in [6, 6.07) is 10.1. The summed E-state index contributed by atoms with van der Waals surface area (Å²) in [6.07, 6.45) is 0.789. The summed E-state index contributed by atoms with van der Waals surface area (Å²) < 4.78 is 0. The maximum atomic E-state index is 10.7. The second kappa shape index (κ2) is 7.81. The van der Waals surface area contributed by atoms with Crippen LogP contribution in [0.3, 0.4) is 0 Å². The lowest BCUT2D eigenvalue weighted by Crippen LogP contribution is -2.39. The summed E-state index contributed by atoms with van der Waals surface area (Å²) in [5.41, 5.74) is 1.19. The Morgan fingerprint density at radius 2 is 2.00 bits per heavy atom. The quantitative estimate of drug-likeness (QED) is 0.597. The molecule has 1 unspecified atom stereocenters. The molecule has 1 atom stereocenters. The van der Waals surface area contributed by atoms with Gasteiger partial charge in [0.25, 0.3) is 0 Å². The summed E-state index contributed by atoms with van der Waals surface area (Å²) in [6.45, 7) is 2.83. The fraction of sp³-hybridized carbons (Fsp3) is 0.462. The minimum absolute atomic E-state index is 0.0320. The third kappa shape index (κ3) is 6.04. The summed E-state index contributed by atoms with van der Waals surface area (Å²) in [7, 11) is 0. The maximum absolute atomic E-state index is 10.7. The first-order valence-corrected chi connectivity index (χ1v) is 5.85. The van der Waals surface area contributed by atoms with E-state index < -0.39 is 0 Å². The van der Waals surface area contributed by atoms with E-state index in [1.165, 1.54) is 12.5 Å². The van der Waals surface area contributed by atoms with E-state index in [1.807, 2.05) is 30.3 Å². The van der Waals surface area contributed by atoms with E-state index in [1.54, 1.807) is 0 Å². The van der Waals surface area contributed by atoms with Crippen LogP contribution in [-0.2, 0) is 11.2 Å². The van der Waals surface area contributed by atoms with Gasteiger partial charge in [-0.05, 0) is 12.0 Å². The molecule has 0 aliphatic carbocycles. The van der Waals surface area contributed by atoms with Crippen molar-refractivity contribution in [1.82, 2.24) is 10.6 Å². The Kier molecular flexibility index (Phi) is 6.29. The molecule has 17 heavy (non-hydrogen) atoms. The van der Waals surface area contributed by atoms with Crippen LogP contribution in [0.1, 0.15) is 12.5 Å². The monoisotopic (exact) mass is 236 g/mol. The molecule has 4 nitrogen and oxygen atoms in total. The summed E-state index contributed by atoms with van der Waals surface area (Å²) in [4.78, 5) is 10.7. The largest absolute Gasteiger partial charge is 0.395 e. The number of carbonyl (C=O) groups excluding carboxylic acids is 1. The van der Waals surface area contributed by atoms with Crippen molar-refractivity contribution in [2.24, 2.45) is 0 Å². The standard InChI is InChI=1S/C13H20N2O2/c1-11(17)14-7-8-15-13(10-16)9-12-5-3-2-4-6-12/h2-6,13,15-16H,7-10H2,1H3,(H,14,17). The smallest absolute Gasteiger partial charge is 0.216 e. The van der Waals surface area contributed by atoms with Gasteiger partial charge >= 0.3 is 0 Å². The van der Waals surface area contributed by atoms with Crippen molar-refractivity contribution < 1.29 is 9.90 Å². The number of amides is 1. The molecule has 0 heterocycles. The highest BCUT2D eigenvalue weighted by molar-refractivity contribution is 5.72. The van der Waals surface area contributed by atoms with Gasteiger partial charge < -0.3 is 15.7 Å². The second-order valence-corrected chi connectivity index (χ2v) is 4.01. The van der Waals surface area contributed by atoms with Crippen molar-refractivity contribution in [3.05, 3.63) is 35.9 Å². The minimum atomic E-state index is -0.0320. The molecule has 4 heteroatoms. The van der Waals surface area contributed by atoms with Gasteiger partial charge in [0.15, 0.2) is 0 Å². The Hall–Kier alpha value is -1.39. The second-order valence-electron chi connectivity index (χ2n) is 4.01. The van der Waals surface area contributed by atoms with Crippen molar-refractivity contribution in [3.8, 4) is 0 Å². The zero-order chi connectivity index (χ0) is 12.5. The summed E-state index contributed by atoms with van der Waals surface area (Å²) in [5, 5.41) is 15.2. The van der Waals surface area contributed by atoms with Crippen LogP contribution < -0.4 is 10.6 Å². The Labute approximate surface area is 102 Å². The maximum Gasteiger partial charge on any atom is 0.216 e. The van der Waals surface area contributed by atoms with Crippen molar-refractivity contribution in [2.45, 2.75) is 19.4 Å². The first kappa shape index (κ1) is 13.7. The van der Waals surface area contributed by atoms with Crippen molar-refractivity contribution in [1.29, 1.82) is 0 Å².